The zero-order valence-corrected chi connectivity index (χ0v) is 16.3. The third-order valence-corrected chi connectivity index (χ3v) is 4.91. The summed E-state index contributed by atoms with van der Waals surface area (Å²) in [5, 5.41) is 10.3. The van der Waals surface area contributed by atoms with E-state index in [1.165, 1.54) is 6.42 Å². The van der Waals surface area contributed by atoms with E-state index in [0.717, 1.165) is 24.2 Å². The van der Waals surface area contributed by atoms with Crippen LogP contribution < -0.4 is 0 Å². The van der Waals surface area contributed by atoms with Crippen LogP contribution in [0, 0.1) is 5.92 Å². The quantitative estimate of drug-likeness (QED) is 0.648. The minimum atomic E-state index is -0.477. The number of carbonyl (C=O) groups excluding carboxylic acids is 1. The second-order valence-corrected chi connectivity index (χ2v) is 7.29. The topological polar surface area (TPSA) is 59.0 Å². The summed E-state index contributed by atoms with van der Waals surface area (Å²) < 4.78 is 10.9. The van der Waals surface area contributed by atoms with Gasteiger partial charge in [-0.1, -0.05) is 31.2 Å². The van der Waals surface area contributed by atoms with Gasteiger partial charge in [0.15, 0.2) is 0 Å². The van der Waals surface area contributed by atoms with E-state index in [2.05, 4.69) is 11.8 Å². The van der Waals surface area contributed by atoms with Crippen LogP contribution in [-0.4, -0.2) is 54.9 Å². The van der Waals surface area contributed by atoms with Gasteiger partial charge in [0.25, 0.3) is 0 Å². The summed E-state index contributed by atoms with van der Waals surface area (Å²) in [6.07, 6.45) is 1.61. The first-order valence-corrected chi connectivity index (χ1v) is 9.75. The molecule has 0 amide bonds. The molecule has 1 heterocycles. The van der Waals surface area contributed by atoms with Crippen LogP contribution in [0.5, 0.6) is 0 Å². The highest BCUT2D eigenvalue weighted by atomic mass is 16.5. The lowest BCUT2D eigenvalue weighted by Crippen LogP contribution is -2.33. The number of hydrogen-bond donors (Lipinski definition) is 1. The predicted octanol–water partition coefficient (Wildman–Crippen LogP) is 2.96. The number of nitrogens with zero attached hydrogens (tertiary/aromatic N) is 1. The number of esters is 1. The van der Waals surface area contributed by atoms with Crippen molar-refractivity contribution in [1.29, 1.82) is 0 Å². The van der Waals surface area contributed by atoms with Gasteiger partial charge in [-0.25, -0.2) is 0 Å². The number of benzene rings is 1. The van der Waals surface area contributed by atoms with E-state index in [-0.39, 0.29) is 12.1 Å². The highest BCUT2D eigenvalue weighted by molar-refractivity contribution is 5.69. The second-order valence-electron chi connectivity index (χ2n) is 7.29. The predicted molar refractivity (Wildman–Crippen MR) is 102 cm³/mol. The van der Waals surface area contributed by atoms with Gasteiger partial charge in [0.05, 0.1) is 25.4 Å². The molecule has 5 heteroatoms. The van der Waals surface area contributed by atoms with Gasteiger partial charge in [0.2, 0.25) is 0 Å². The fraction of sp³-hybridized carbons (Fsp3) is 0.667. The smallest absolute Gasteiger partial charge is 0.306 e. The maximum Gasteiger partial charge on any atom is 0.306 e. The fourth-order valence-corrected chi connectivity index (χ4v) is 3.52. The number of aliphatic hydroxyl groups is 1. The molecule has 0 aromatic heterocycles. The third kappa shape index (κ3) is 6.71. The van der Waals surface area contributed by atoms with Crippen molar-refractivity contribution >= 4 is 5.97 Å². The zero-order chi connectivity index (χ0) is 18.9. The molecular weight excluding hydrogens is 330 g/mol. The van der Waals surface area contributed by atoms with Crippen molar-refractivity contribution in [2.45, 2.75) is 52.2 Å². The Kier molecular flexibility index (Phi) is 8.55. The summed E-state index contributed by atoms with van der Waals surface area (Å²) in [4.78, 5) is 13.9. The van der Waals surface area contributed by atoms with E-state index >= 15 is 0 Å². The van der Waals surface area contributed by atoms with Gasteiger partial charge >= 0.3 is 5.97 Å². The largest absolute Gasteiger partial charge is 0.466 e. The van der Waals surface area contributed by atoms with Crippen LogP contribution in [0.2, 0.25) is 0 Å². The number of β-amino-alcohol motifs (C(OH)–C–C–N with tert-alkyl or cyclic N) is 1. The minimum Gasteiger partial charge on any atom is -0.466 e. The summed E-state index contributed by atoms with van der Waals surface area (Å²) in [6, 6.07) is 8.00. The van der Waals surface area contributed by atoms with Crippen molar-refractivity contribution in [2.24, 2.45) is 5.92 Å². The molecule has 1 aromatic rings. The number of rotatable bonds is 10. The molecule has 1 aliphatic rings. The number of carbonyl (C=O) groups is 1. The molecule has 5 nitrogen and oxygen atoms in total. The van der Waals surface area contributed by atoms with Crippen LogP contribution in [0.25, 0.3) is 0 Å². The van der Waals surface area contributed by atoms with E-state index < -0.39 is 6.10 Å². The Labute approximate surface area is 157 Å². The van der Waals surface area contributed by atoms with Gasteiger partial charge in [0, 0.05) is 19.5 Å². The Morgan fingerprint density at radius 3 is 2.85 bits per heavy atom. The molecule has 1 aliphatic heterocycles. The molecule has 1 aromatic carbocycles. The summed E-state index contributed by atoms with van der Waals surface area (Å²) >= 11 is 0. The molecule has 0 spiro atoms. The molecule has 26 heavy (non-hydrogen) atoms. The van der Waals surface area contributed by atoms with E-state index in [1.807, 2.05) is 38.1 Å². The molecule has 0 radical (unpaired) electrons. The monoisotopic (exact) mass is 363 g/mol. The molecule has 2 unspecified atom stereocenters. The van der Waals surface area contributed by atoms with E-state index in [0.29, 0.717) is 38.5 Å². The summed E-state index contributed by atoms with van der Waals surface area (Å²) in [5.74, 6) is 0.541. The summed E-state index contributed by atoms with van der Waals surface area (Å²) in [7, 11) is 0. The maximum atomic E-state index is 11.6. The molecule has 3 atom stereocenters. The molecule has 1 fully saturated rings. The molecule has 146 valence electrons. The third-order valence-electron chi connectivity index (χ3n) is 4.91. The molecule has 0 bridgehead atoms. The molecular formula is C21H33NO4. The zero-order valence-electron chi connectivity index (χ0n) is 16.3. The van der Waals surface area contributed by atoms with Gasteiger partial charge in [-0.05, 0) is 50.3 Å². The molecule has 0 aliphatic carbocycles. The minimum absolute atomic E-state index is 0.124. The Morgan fingerprint density at radius 2 is 2.15 bits per heavy atom. The number of aliphatic hydroxyl groups excluding tert-OH is 1. The maximum absolute atomic E-state index is 11.6. The average Bonchev–Trinajstić information content (AvgIpc) is 3.03. The average molecular weight is 363 g/mol. The van der Waals surface area contributed by atoms with Crippen molar-refractivity contribution in [3.8, 4) is 0 Å². The number of hydrogen-bond acceptors (Lipinski definition) is 5. The molecule has 1 N–H and O–H groups in total. The highest BCUT2D eigenvalue weighted by Gasteiger charge is 2.21. The molecule has 1 saturated heterocycles. The first-order valence-electron chi connectivity index (χ1n) is 9.75. The second kappa shape index (κ2) is 10.7. The van der Waals surface area contributed by atoms with E-state index in [9.17, 15) is 9.90 Å². The summed E-state index contributed by atoms with van der Waals surface area (Å²) in [6.45, 7) is 9.57. The fourth-order valence-electron chi connectivity index (χ4n) is 3.52. The standard InChI is InChI=1S/C21H33NO4/c1-4-25-21(24)10-9-18-7-5-6-8-20(18)17(3)26-15-19(23)14-22-12-11-16(2)13-22/h5-8,16-17,19,23H,4,9-15H2,1-3H3/t16-,17?,19?/m0/s1. The van der Waals surface area contributed by atoms with E-state index in [1.54, 1.807) is 0 Å². The molecule has 2 rings (SSSR count). The SMILES string of the molecule is CCOC(=O)CCc1ccccc1C(C)OCC(O)CN1CC[C@H](C)C1. The lowest BCUT2D eigenvalue weighted by Gasteiger charge is -2.22. The highest BCUT2D eigenvalue weighted by Crippen LogP contribution is 2.23. The summed E-state index contributed by atoms with van der Waals surface area (Å²) in [5.41, 5.74) is 2.16. The van der Waals surface area contributed by atoms with Gasteiger partial charge in [-0.2, -0.15) is 0 Å². The van der Waals surface area contributed by atoms with Crippen LogP contribution in [0.3, 0.4) is 0 Å². The first kappa shape index (κ1) is 20.9. The van der Waals surface area contributed by atoms with E-state index in [4.69, 9.17) is 9.47 Å². The van der Waals surface area contributed by atoms with Gasteiger partial charge in [-0.3, -0.25) is 4.79 Å². The Hall–Kier alpha value is -1.43. The van der Waals surface area contributed by atoms with Gasteiger partial charge in [-0.15, -0.1) is 0 Å². The number of ether oxygens (including phenoxy) is 2. The van der Waals surface area contributed by atoms with Crippen molar-refractivity contribution in [2.75, 3.05) is 32.8 Å². The van der Waals surface area contributed by atoms with Gasteiger partial charge < -0.3 is 19.5 Å². The van der Waals surface area contributed by atoms with Gasteiger partial charge in [0.1, 0.15) is 0 Å². The number of aryl methyl sites for hydroxylation is 1. The van der Waals surface area contributed by atoms with Crippen molar-refractivity contribution in [3.05, 3.63) is 35.4 Å². The normalized spacial score (nSPS) is 20.1. The van der Waals surface area contributed by atoms with Crippen LogP contribution in [0.4, 0.5) is 0 Å². The number of likely N-dealkylation sites (tertiary alicyclic amines) is 1. The first-order chi connectivity index (χ1) is 12.5. The Balaban J connectivity index is 1.82. The lowest BCUT2D eigenvalue weighted by molar-refractivity contribution is -0.143. The Bertz CT molecular complexity index is 563. The van der Waals surface area contributed by atoms with Crippen LogP contribution in [0.1, 0.15) is 50.8 Å². The van der Waals surface area contributed by atoms with Crippen LogP contribution in [0.15, 0.2) is 24.3 Å². The Morgan fingerprint density at radius 1 is 1.38 bits per heavy atom. The van der Waals surface area contributed by atoms with Crippen molar-refractivity contribution in [1.82, 2.24) is 4.90 Å². The van der Waals surface area contributed by atoms with Crippen molar-refractivity contribution in [3.63, 3.8) is 0 Å². The van der Waals surface area contributed by atoms with Crippen molar-refractivity contribution < 1.29 is 19.4 Å². The molecule has 0 saturated carbocycles. The van der Waals surface area contributed by atoms with Crippen LogP contribution >= 0.6 is 0 Å². The lowest BCUT2D eigenvalue weighted by atomic mass is 9.99. The van der Waals surface area contributed by atoms with Crippen LogP contribution in [-0.2, 0) is 20.7 Å².